The minimum absolute atomic E-state index is 0.170. The van der Waals surface area contributed by atoms with Crippen LogP contribution in [0.15, 0.2) is 53.4 Å². The third-order valence-electron chi connectivity index (χ3n) is 3.13. The van der Waals surface area contributed by atoms with Crippen molar-refractivity contribution in [3.63, 3.8) is 0 Å². The van der Waals surface area contributed by atoms with Crippen molar-refractivity contribution < 1.29 is 13.2 Å². The van der Waals surface area contributed by atoms with E-state index in [0.717, 1.165) is 12.0 Å². The molecule has 0 saturated carbocycles. The van der Waals surface area contributed by atoms with E-state index in [4.69, 9.17) is 16.3 Å². The lowest BCUT2D eigenvalue weighted by atomic mass is 10.2. The van der Waals surface area contributed by atoms with Crippen LogP contribution in [0.4, 0.5) is 0 Å². The number of nitrogens with one attached hydrogen (secondary N) is 1. The van der Waals surface area contributed by atoms with Crippen molar-refractivity contribution in [1.82, 2.24) is 4.72 Å². The fourth-order valence-electron chi connectivity index (χ4n) is 1.89. The lowest BCUT2D eigenvalue weighted by molar-refractivity contribution is 0.323. The van der Waals surface area contributed by atoms with E-state index in [1.165, 1.54) is 0 Å². The Balaban J connectivity index is 1.88. The molecule has 4 nitrogen and oxygen atoms in total. The molecular formula is C16H18ClNO3S. The van der Waals surface area contributed by atoms with Crippen LogP contribution in [-0.4, -0.2) is 21.6 Å². The van der Waals surface area contributed by atoms with Gasteiger partial charge in [-0.15, -0.1) is 0 Å². The monoisotopic (exact) mass is 339 g/mol. The highest BCUT2D eigenvalue weighted by Crippen LogP contribution is 2.22. The molecule has 0 atom stereocenters. The van der Waals surface area contributed by atoms with Crippen LogP contribution in [0.5, 0.6) is 5.75 Å². The third kappa shape index (κ3) is 4.47. The van der Waals surface area contributed by atoms with Crippen LogP contribution < -0.4 is 9.46 Å². The highest BCUT2D eigenvalue weighted by molar-refractivity contribution is 7.89. The molecule has 0 aliphatic carbocycles. The number of halogens is 1. The average Bonchev–Trinajstić information content (AvgIpc) is 2.53. The number of benzene rings is 2. The molecule has 6 heteroatoms. The molecule has 0 heterocycles. The molecule has 0 aliphatic heterocycles. The summed E-state index contributed by atoms with van der Waals surface area (Å²) in [6.07, 6.45) is 0.874. The van der Waals surface area contributed by atoms with Crippen LogP contribution in [0.1, 0.15) is 12.5 Å². The van der Waals surface area contributed by atoms with Gasteiger partial charge in [-0.25, -0.2) is 13.1 Å². The van der Waals surface area contributed by atoms with Crippen LogP contribution in [0.25, 0.3) is 0 Å². The molecule has 2 rings (SSSR count). The zero-order chi connectivity index (χ0) is 16.0. The SMILES string of the molecule is CCc1ccc(S(=O)(=O)NCCOc2ccccc2Cl)cc1. The lowest BCUT2D eigenvalue weighted by Gasteiger charge is -2.10. The van der Waals surface area contributed by atoms with Gasteiger partial charge in [0.05, 0.1) is 9.92 Å². The largest absolute Gasteiger partial charge is 0.491 e. The number of hydrogen-bond acceptors (Lipinski definition) is 3. The van der Waals surface area contributed by atoms with Crippen molar-refractivity contribution in [2.24, 2.45) is 0 Å². The first-order valence-electron chi connectivity index (χ1n) is 6.99. The maximum absolute atomic E-state index is 12.1. The van der Waals surface area contributed by atoms with Gasteiger partial charge in [-0.2, -0.15) is 0 Å². The second kappa shape index (κ2) is 7.63. The Morgan fingerprint density at radius 1 is 1.09 bits per heavy atom. The van der Waals surface area contributed by atoms with Crippen LogP contribution in [0.3, 0.4) is 0 Å². The van der Waals surface area contributed by atoms with E-state index in [1.807, 2.05) is 19.1 Å². The summed E-state index contributed by atoms with van der Waals surface area (Å²) in [6.45, 7) is 2.40. The van der Waals surface area contributed by atoms with Gasteiger partial charge in [-0.1, -0.05) is 42.8 Å². The van der Waals surface area contributed by atoms with Gasteiger partial charge >= 0.3 is 0 Å². The highest BCUT2D eigenvalue weighted by Gasteiger charge is 2.13. The van der Waals surface area contributed by atoms with Crippen molar-refractivity contribution in [2.45, 2.75) is 18.2 Å². The van der Waals surface area contributed by atoms with Gasteiger partial charge in [-0.05, 0) is 36.2 Å². The molecule has 118 valence electrons. The highest BCUT2D eigenvalue weighted by atomic mass is 35.5. The molecule has 0 spiro atoms. The fraction of sp³-hybridized carbons (Fsp3) is 0.250. The Bertz CT molecular complexity index is 714. The Morgan fingerprint density at radius 2 is 1.77 bits per heavy atom. The summed E-state index contributed by atoms with van der Waals surface area (Å²) < 4.78 is 32.2. The molecule has 2 aromatic rings. The maximum Gasteiger partial charge on any atom is 0.240 e. The van der Waals surface area contributed by atoms with E-state index in [0.29, 0.717) is 10.8 Å². The second-order valence-corrected chi connectivity index (χ2v) is 6.85. The number of rotatable bonds is 7. The zero-order valence-electron chi connectivity index (χ0n) is 12.3. The predicted molar refractivity (Wildman–Crippen MR) is 88.0 cm³/mol. The van der Waals surface area contributed by atoms with Gasteiger partial charge in [0, 0.05) is 6.54 Å². The number of ether oxygens (including phenoxy) is 1. The minimum atomic E-state index is -3.51. The Hall–Kier alpha value is -1.56. The second-order valence-electron chi connectivity index (χ2n) is 4.67. The Kier molecular flexibility index (Phi) is 5.83. The zero-order valence-corrected chi connectivity index (χ0v) is 13.8. The topological polar surface area (TPSA) is 55.4 Å². The van der Waals surface area contributed by atoms with E-state index in [1.54, 1.807) is 36.4 Å². The molecule has 2 aromatic carbocycles. The van der Waals surface area contributed by atoms with Crippen molar-refractivity contribution in [2.75, 3.05) is 13.2 Å². The molecule has 0 radical (unpaired) electrons. The molecule has 0 aliphatic rings. The van der Waals surface area contributed by atoms with Crippen molar-refractivity contribution in [3.05, 3.63) is 59.1 Å². The van der Waals surface area contributed by atoms with Gasteiger partial charge < -0.3 is 4.74 Å². The maximum atomic E-state index is 12.1. The molecule has 1 N–H and O–H groups in total. The Labute approximate surface area is 136 Å². The summed E-state index contributed by atoms with van der Waals surface area (Å²) in [7, 11) is -3.51. The number of hydrogen-bond donors (Lipinski definition) is 1. The van der Waals surface area contributed by atoms with E-state index in [-0.39, 0.29) is 18.0 Å². The molecule has 0 fully saturated rings. The van der Waals surface area contributed by atoms with E-state index in [2.05, 4.69) is 4.72 Å². The molecule has 0 bridgehead atoms. The summed E-state index contributed by atoms with van der Waals surface area (Å²) in [4.78, 5) is 0.252. The lowest BCUT2D eigenvalue weighted by Crippen LogP contribution is -2.28. The molecule has 0 unspecified atom stereocenters. The average molecular weight is 340 g/mol. The van der Waals surface area contributed by atoms with Crippen LogP contribution >= 0.6 is 11.6 Å². The van der Waals surface area contributed by atoms with Crippen molar-refractivity contribution in [1.29, 1.82) is 0 Å². The van der Waals surface area contributed by atoms with Crippen molar-refractivity contribution >= 4 is 21.6 Å². The summed E-state index contributed by atoms with van der Waals surface area (Å²) in [5, 5.41) is 0.500. The van der Waals surface area contributed by atoms with Gasteiger partial charge in [-0.3, -0.25) is 0 Å². The van der Waals surface area contributed by atoms with Gasteiger partial charge in [0.15, 0.2) is 0 Å². The van der Waals surface area contributed by atoms with Gasteiger partial charge in [0.1, 0.15) is 12.4 Å². The third-order valence-corrected chi connectivity index (χ3v) is 4.92. The summed E-state index contributed by atoms with van der Waals surface area (Å²) >= 11 is 5.95. The normalized spacial score (nSPS) is 11.4. The molecule has 0 saturated heterocycles. The first-order valence-corrected chi connectivity index (χ1v) is 8.85. The van der Waals surface area contributed by atoms with E-state index >= 15 is 0 Å². The summed E-state index contributed by atoms with van der Waals surface area (Å²) in [5.74, 6) is 0.538. The quantitative estimate of drug-likeness (QED) is 0.788. The summed E-state index contributed by atoms with van der Waals surface area (Å²) in [5.41, 5.74) is 1.10. The van der Waals surface area contributed by atoms with Crippen LogP contribution in [-0.2, 0) is 16.4 Å². The summed E-state index contributed by atoms with van der Waals surface area (Å²) in [6, 6.07) is 13.9. The van der Waals surface area contributed by atoms with Gasteiger partial charge in [0.2, 0.25) is 10.0 Å². The number of sulfonamides is 1. The minimum Gasteiger partial charge on any atom is -0.491 e. The molecule has 0 aromatic heterocycles. The molecular weight excluding hydrogens is 322 g/mol. The van der Waals surface area contributed by atoms with E-state index < -0.39 is 10.0 Å². The number of aryl methyl sites for hydroxylation is 1. The van der Waals surface area contributed by atoms with E-state index in [9.17, 15) is 8.42 Å². The van der Waals surface area contributed by atoms with Crippen LogP contribution in [0, 0.1) is 0 Å². The molecule has 0 amide bonds. The standard InChI is InChI=1S/C16H18ClNO3S/c1-2-13-7-9-14(10-8-13)22(19,20)18-11-12-21-16-6-4-3-5-15(16)17/h3-10,18H,2,11-12H2,1H3. The first-order chi connectivity index (χ1) is 10.5. The van der Waals surface area contributed by atoms with Crippen molar-refractivity contribution in [3.8, 4) is 5.75 Å². The first kappa shape index (κ1) is 16.8. The smallest absolute Gasteiger partial charge is 0.240 e. The van der Waals surface area contributed by atoms with Crippen LogP contribution in [0.2, 0.25) is 5.02 Å². The fourth-order valence-corrected chi connectivity index (χ4v) is 3.09. The molecule has 22 heavy (non-hydrogen) atoms. The number of para-hydroxylation sites is 1. The van der Waals surface area contributed by atoms with Gasteiger partial charge in [0.25, 0.3) is 0 Å². The predicted octanol–water partition coefficient (Wildman–Crippen LogP) is 3.26. The Morgan fingerprint density at radius 3 is 2.41 bits per heavy atom.